The lowest BCUT2D eigenvalue weighted by Gasteiger charge is -2.10. The average Bonchev–Trinajstić information content (AvgIpc) is 3.46. The number of rotatable bonds is 8. The van der Waals surface area contributed by atoms with Crippen LogP contribution in [0.1, 0.15) is 16.1 Å². The van der Waals surface area contributed by atoms with Gasteiger partial charge in [0, 0.05) is 28.5 Å². The molecule has 0 radical (unpaired) electrons. The lowest BCUT2D eigenvalue weighted by Crippen LogP contribution is -2.15. The highest BCUT2D eigenvalue weighted by Crippen LogP contribution is 2.31. The van der Waals surface area contributed by atoms with E-state index in [0.717, 1.165) is 11.9 Å². The zero-order valence-corrected chi connectivity index (χ0v) is 18.6. The molecule has 4 rings (SSSR count). The summed E-state index contributed by atoms with van der Waals surface area (Å²) in [4.78, 5) is 36.9. The number of aryl methyl sites for hydroxylation is 1. The number of aromatic nitrogens is 5. The Balaban J connectivity index is 1.50. The highest BCUT2D eigenvalue weighted by molar-refractivity contribution is 6.31. The molecule has 2 aromatic heterocycles. The zero-order valence-electron chi connectivity index (χ0n) is 17.9. The molecule has 0 unspecified atom stereocenters. The first kappa shape index (κ1) is 23.3. The summed E-state index contributed by atoms with van der Waals surface area (Å²) in [5.74, 6) is -0.652. The number of amides is 1. The van der Waals surface area contributed by atoms with Crippen LogP contribution < -0.4 is 10.1 Å². The van der Waals surface area contributed by atoms with Crippen molar-refractivity contribution < 1.29 is 19.4 Å². The molecule has 0 saturated heterocycles. The number of carbonyl (C=O) groups excluding carboxylic acids is 1. The average molecular weight is 499 g/mol. The molecule has 0 spiro atoms. The SMILES string of the molecule is Cc1cc(Oc2cc(NC(=O)c3ccn(Cn4cnc([N+](=O)[O-])n4)n3)cc([N+](=O)[O-])c2)ccc1Cl. The number of non-ortho nitro benzene ring substituents is 1. The Morgan fingerprint density at radius 2 is 1.86 bits per heavy atom. The number of benzene rings is 2. The molecule has 0 bridgehead atoms. The molecule has 0 atom stereocenters. The summed E-state index contributed by atoms with van der Waals surface area (Å²) in [5, 5.41) is 32.9. The van der Waals surface area contributed by atoms with E-state index < -0.39 is 21.7 Å². The van der Waals surface area contributed by atoms with E-state index in [1.54, 1.807) is 25.1 Å². The number of nitrogens with one attached hydrogen (secondary N) is 1. The molecule has 14 nitrogen and oxygen atoms in total. The fourth-order valence-electron chi connectivity index (χ4n) is 2.98. The van der Waals surface area contributed by atoms with Crippen molar-refractivity contribution in [2.24, 2.45) is 0 Å². The molecule has 1 amide bonds. The number of hydrogen-bond acceptors (Lipinski definition) is 9. The minimum atomic E-state index is -0.733. The summed E-state index contributed by atoms with van der Waals surface area (Å²) in [7, 11) is 0. The van der Waals surface area contributed by atoms with Crippen LogP contribution in [0.4, 0.5) is 17.3 Å². The van der Waals surface area contributed by atoms with Gasteiger partial charge in [-0.3, -0.25) is 14.9 Å². The molecule has 4 aromatic rings. The van der Waals surface area contributed by atoms with Gasteiger partial charge in [0.05, 0.1) is 16.7 Å². The van der Waals surface area contributed by atoms with Crippen LogP contribution in [0, 0.1) is 27.2 Å². The Hall–Kier alpha value is -4.85. The second-order valence-corrected chi connectivity index (χ2v) is 7.57. The second kappa shape index (κ2) is 9.56. The Labute approximate surface area is 201 Å². The van der Waals surface area contributed by atoms with E-state index in [9.17, 15) is 25.0 Å². The fraction of sp³-hybridized carbons (Fsp3) is 0.100. The number of carbonyl (C=O) groups is 1. The maximum Gasteiger partial charge on any atom is 0.491 e. The van der Waals surface area contributed by atoms with Crippen molar-refractivity contribution in [3.63, 3.8) is 0 Å². The van der Waals surface area contributed by atoms with E-state index in [0.29, 0.717) is 10.8 Å². The van der Waals surface area contributed by atoms with Crippen molar-refractivity contribution in [3.8, 4) is 11.5 Å². The van der Waals surface area contributed by atoms with Crippen LogP contribution >= 0.6 is 11.6 Å². The molecule has 0 aliphatic rings. The van der Waals surface area contributed by atoms with Gasteiger partial charge in [0.1, 0.15) is 11.5 Å². The third kappa shape index (κ3) is 5.56. The monoisotopic (exact) mass is 498 g/mol. The van der Waals surface area contributed by atoms with E-state index >= 15 is 0 Å². The number of hydrogen-bond donors (Lipinski definition) is 1. The molecule has 35 heavy (non-hydrogen) atoms. The quantitative estimate of drug-likeness (QED) is 0.280. The third-order valence-electron chi connectivity index (χ3n) is 4.58. The summed E-state index contributed by atoms with van der Waals surface area (Å²) >= 11 is 6.02. The van der Waals surface area contributed by atoms with Crippen LogP contribution in [-0.2, 0) is 6.67 Å². The molecule has 2 heterocycles. The summed E-state index contributed by atoms with van der Waals surface area (Å²) in [6.45, 7) is 1.76. The third-order valence-corrected chi connectivity index (χ3v) is 5.00. The number of ether oxygens (including phenoxy) is 1. The largest absolute Gasteiger partial charge is 0.491 e. The van der Waals surface area contributed by atoms with E-state index in [-0.39, 0.29) is 29.5 Å². The van der Waals surface area contributed by atoms with E-state index in [2.05, 4.69) is 20.5 Å². The smallest absolute Gasteiger partial charge is 0.457 e. The van der Waals surface area contributed by atoms with Crippen LogP contribution in [0.15, 0.2) is 55.0 Å². The predicted molar refractivity (Wildman–Crippen MR) is 122 cm³/mol. The van der Waals surface area contributed by atoms with Gasteiger partial charge in [0.25, 0.3) is 11.6 Å². The molecule has 0 fully saturated rings. The van der Waals surface area contributed by atoms with E-state index in [1.807, 2.05) is 0 Å². The van der Waals surface area contributed by atoms with Crippen LogP contribution in [-0.4, -0.2) is 40.3 Å². The first-order valence-corrected chi connectivity index (χ1v) is 10.2. The Morgan fingerprint density at radius 1 is 1.06 bits per heavy atom. The normalized spacial score (nSPS) is 10.7. The molecule has 178 valence electrons. The molecule has 0 aliphatic carbocycles. The predicted octanol–water partition coefficient (Wildman–Crippen LogP) is 3.80. The maximum atomic E-state index is 12.7. The Bertz CT molecular complexity index is 1450. The van der Waals surface area contributed by atoms with E-state index in [1.165, 1.54) is 39.8 Å². The Kier molecular flexibility index (Phi) is 6.37. The number of nitro groups is 2. The van der Waals surface area contributed by atoms with Crippen molar-refractivity contribution >= 4 is 34.8 Å². The van der Waals surface area contributed by atoms with Crippen molar-refractivity contribution in [1.29, 1.82) is 0 Å². The van der Waals surface area contributed by atoms with E-state index in [4.69, 9.17) is 16.3 Å². The summed E-state index contributed by atoms with van der Waals surface area (Å²) in [5.41, 5.74) is 0.592. The number of nitro benzene ring substituents is 1. The van der Waals surface area contributed by atoms with Gasteiger partial charge >= 0.3 is 5.95 Å². The number of nitrogens with zero attached hydrogens (tertiary/aromatic N) is 7. The van der Waals surface area contributed by atoms with Gasteiger partial charge in [-0.2, -0.15) is 9.78 Å². The molecule has 0 saturated carbocycles. The number of anilines is 1. The summed E-state index contributed by atoms with van der Waals surface area (Å²) in [6.07, 6.45) is 2.62. The minimum Gasteiger partial charge on any atom is -0.457 e. The van der Waals surface area contributed by atoms with Crippen LogP contribution in [0.2, 0.25) is 5.02 Å². The highest BCUT2D eigenvalue weighted by atomic mass is 35.5. The second-order valence-electron chi connectivity index (χ2n) is 7.16. The number of halogens is 1. The standard InChI is InChI=1S/C20H15ClN8O6/c1-12-6-15(2-3-17(12)21)35-16-8-13(7-14(9-16)28(31)32)23-19(30)18-4-5-26(24-18)11-27-10-22-20(25-27)29(33)34/h2-10H,11H2,1H3,(H,23,30). The molecule has 2 aromatic carbocycles. The molecular weight excluding hydrogens is 484 g/mol. The summed E-state index contributed by atoms with van der Waals surface area (Å²) < 4.78 is 8.22. The van der Waals surface area contributed by atoms with Crippen LogP contribution in [0.25, 0.3) is 0 Å². The van der Waals surface area contributed by atoms with Gasteiger partial charge in [0.2, 0.25) is 6.33 Å². The lowest BCUT2D eigenvalue weighted by molar-refractivity contribution is -0.394. The van der Waals surface area contributed by atoms with Crippen molar-refractivity contribution in [1.82, 2.24) is 24.5 Å². The van der Waals surface area contributed by atoms with Gasteiger partial charge in [-0.15, -0.1) is 0 Å². The molecular formula is C20H15ClN8O6. The molecule has 1 N–H and O–H groups in total. The Morgan fingerprint density at radius 3 is 2.54 bits per heavy atom. The first-order valence-electron chi connectivity index (χ1n) is 9.80. The highest BCUT2D eigenvalue weighted by Gasteiger charge is 2.17. The van der Waals surface area contributed by atoms with Gasteiger partial charge < -0.3 is 20.2 Å². The summed E-state index contributed by atoms with van der Waals surface area (Å²) in [6, 6.07) is 10.2. The lowest BCUT2D eigenvalue weighted by atomic mass is 10.2. The fourth-order valence-corrected chi connectivity index (χ4v) is 3.10. The minimum absolute atomic E-state index is 0.00177. The van der Waals surface area contributed by atoms with Gasteiger partial charge in [-0.05, 0) is 41.7 Å². The maximum absolute atomic E-state index is 12.7. The van der Waals surface area contributed by atoms with Crippen LogP contribution in [0.3, 0.4) is 0 Å². The topological polar surface area (TPSA) is 173 Å². The molecule has 0 aliphatic heterocycles. The van der Waals surface area contributed by atoms with Gasteiger partial charge in [0.15, 0.2) is 12.4 Å². The van der Waals surface area contributed by atoms with Gasteiger partial charge in [-0.25, -0.2) is 4.68 Å². The van der Waals surface area contributed by atoms with Crippen LogP contribution in [0.5, 0.6) is 11.5 Å². The zero-order chi connectivity index (χ0) is 25.1. The van der Waals surface area contributed by atoms with Crippen molar-refractivity contribution in [2.75, 3.05) is 5.32 Å². The first-order chi connectivity index (χ1) is 16.7. The van der Waals surface area contributed by atoms with Gasteiger partial charge in [-0.1, -0.05) is 16.6 Å². The molecule has 15 heteroatoms. The van der Waals surface area contributed by atoms with Crippen molar-refractivity contribution in [3.05, 3.63) is 91.5 Å². The van der Waals surface area contributed by atoms with Crippen molar-refractivity contribution in [2.45, 2.75) is 13.6 Å².